The summed E-state index contributed by atoms with van der Waals surface area (Å²) in [7, 11) is 0. The van der Waals surface area contributed by atoms with Crippen molar-refractivity contribution < 1.29 is 19.5 Å². The molecule has 3 rings (SSSR count). The van der Waals surface area contributed by atoms with E-state index >= 15 is 0 Å². The largest absolute Gasteiger partial charge is 0.478 e. The number of benzene rings is 1. The second-order valence-corrected chi connectivity index (χ2v) is 4.73. The molecule has 1 aromatic rings. The SMILES string of the molecule is O=C(O)/C=C/c1cccc(N2C(=O)C3CC3C2=O)c1. The molecule has 5 nitrogen and oxygen atoms in total. The van der Waals surface area contributed by atoms with Crippen LogP contribution in [0.2, 0.25) is 0 Å². The number of carboxylic acid groups (broad SMARTS) is 1. The summed E-state index contributed by atoms with van der Waals surface area (Å²) in [5.74, 6) is -1.60. The smallest absolute Gasteiger partial charge is 0.328 e. The summed E-state index contributed by atoms with van der Waals surface area (Å²) in [6.07, 6.45) is 3.12. The second kappa shape index (κ2) is 4.05. The number of anilines is 1. The third-order valence-electron chi connectivity index (χ3n) is 3.41. The van der Waals surface area contributed by atoms with Gasteiger partial charge < -0.3 is 5.11 Å². The summed E-state index contributed by atoms with van der Waals surface area (Å²) < 4.78 is 0. The molecule has 1 aliphatic heterocycles. The lowest BCUT2D eigenvalue weighted by molar-refractivity contribution is -0.131. The fourth-order valence-electron chi connectivity index (χ4n) is 2.37. The van der Waals surface area contributed by atoms with E-state index in [9.17, 15) is 14.4 Å². The Morgan fingerprint density at radius 2 is 1.95 bits per heavy atom. The van der Waals surface area contributed by atoms with Gasteiger partial charge >= 0.3 is 5.97 Å². The van der Waals surface area contributed by atoms with Gasteiger partial charge in [-0.15, -0.1) is 0 Å². The van der Waals surface area contributed by atoms with E-state index in [0.717, 1.165) is 6.08 Å². The summed E-state index contributed by atoms with van der Waals surface area (Å²) >= 11 is 0. The average molecular weight is 257 g/mol. The molecule has 1 N–H and O–H groups in total. The molecule has 2 atom stereocenters. The standard InChI is InChI=1S/C14H11NO4/c16-12(17)5-4-8-2-1-3-9(6-8)15-13(18)10-7-11(10)14(15)19/h1-6,10-11H,7H2,(H,16,17)/b5-4+. The Labute approximate surface area is 109 Å². The van der Waals surface area contributed by atoms with Crippen LogP contribution in [-0.2, 0) is 14.4 Å². The molecule has 0 radical (unpaired) electrons. The molecule has 0 aromatic heterocycles. The van der Waals surface area contributed by atoms with Crippen molar-refractivity contribution in [3.8, 4) is 0 Å². The van der Waals surface area contributed by atoms with Crippen LogP contribution in [0.3, 0.4) is 0 Å². The monoisotopic (exact) mass is 257 g/mol. The maximum Gasteiger partial charge on any atom is 0.328 e. The highest BCUT2D eigenvalue weighted by atomic mass is 16.4. The highest BCUT2D eigenvalue weighted by molar-refractivity contribution is 6.24. The number of carbonyl (C=O) groups excluding carboxylic acids is 2. The number of carboxylic acids is 1. The highest BCUT2D eigenvalue weighted by Crippen LogP contribution is 2.48. The summed E-state index contributed by atoms with van der Waals surface area (Å²) in [5, 5.41) is 8.57. The zero-order valence-corrected chi connectivity index (χ0v) is 9.95. The summed E-state index contributed by atoms with van der Waals surface area (Å²) in [5.41, 5.74) is 1.15. The zero-order chi connectivity index (χ0) is 13.6. The van der Waals surface area contributed by atoms with Gasteiger partial charge in [-0.1, -0.05) is 12.1 Å². The van der Waals surface area contributed by atoms with Gasteiger partial charge in [0.05, 0.1) is 17.5 Å². The number of nitrogens with zero attached hydrogens (tertiary/aromatic N) is 1. The lowest BCUT2D eigenvalue weighted by Gasteiger charge is -2.16. The van der Waals surface area contributed by atoms with Crippen molar-refractivity contribution >= 4 is 29.5 Å². The maximum absolute atomic E-state index is 11.9. The van der Waals surface area contributed by atoms with Gasteiger partial charge in [0.15, 0.2) is 0 Å². The van der Waals surface area contributed by atoms with Gasteiger partial charge in [-0.3, -0.25) is 14.5 Å². The summed E-state index contributed by atoms with van der Waals surface area (Å²) in [6, 6.07) is 6.73. The molecule has 1 aliphatic carbocycles. The molecule has 2 fully saturated rings. The first kappa shape index (κ1) is 11.6. The molecule has 1 saturated heterocycles. The fraction of sp³-hybridized carbons (Fsp3) is 0.214. The average Bonchev–Trinajstić information content (AvgIpc) is 3.12. The number of hydrogen-bond donors (Lipinski definition) is 1. The predicted octanol–water partition coefficient (Wildman–Crippen LogP) is 1.29. The Morgan fingerprint density at radius 1 is 1.26 bits per heavy atom. The van der Waals surface area contributed by atoms with E-state index in [1.54, 1.807) is 24.3 Å². The van der Waals surface area contributed by atoms with Gasteiger partial charge in [-0.2, -0.15) is 0 Å². The van der Waals surface area contributed by atoms with Gasteiger partial charge in [-0.25, -0.2) is 4.79 Å². The van der Waals surface area contributed by atoms with Crippen LogP contribution < -0.4 is 4.90 Å². The van der Waals surface area contributed by atoms with Crippen LogP contribution >= 0.6 is 0 Å². The molecular formula is C14H11NO4. The van der Waals surface area contributed by atoms with E-state index in [2.05, 4.69) is 0 Å². The predicted molar refractivity (Wildman–Crippen MR) is 67.2 cm³/mol. The van der Waals surface area contributed by atoms with E-state index in [1.165, 1.54) is 11.0 Å². The van der Waals surface area contributed by atoms with Crippen LogP contribution in [0.1, 0.15) is 12.0 Å². The molecule has 2 unspecified atom stereocenters. The van der Waals surface area contributed by atoms with E-state index in [4.69, 9.17) is 5.11 Å². The number of imide groups is 1. The fourth-order valence-corrected chi connectivity index (χ4v) is 2.37. The van der Waals surface area contributed by atoms with Crippen LogP contribution in [0.5, 0.6) is 0 Å². The second-order valence-electron chi connectivity index (χ2n) is 4.73. The van der Waals surface area contributed by atoms with Crippen molar-refractivity contribution in [2.45, 2.75) is 6.42 Å². The Kier molecular flexibility index (Phi) is 2.48. The first-order chi connectivity index (χ1) is 9.08. The number of rotatable bonds is 3. The lowest BCUT2D eigenvalue weighted by atomic mass is 10.1. The van der Waals surface area contributed by atoms with Gasteiger partial charge in [-0.05, 0) is 30.2 Å². The number of fused-ring (bicyclic) bond motifs is 1. The Morgan fingerprint density at radius 3 is 2.58 bits per heavy atom. The molecule has 5 heteroatoms. The maximum atomic E-state index is 11.9. The Hall–Kier alpha value is -2.43. The zero-order valence-electron chi connectivity index (χ0n) is 9.95. The summed E-state index contributed by atoms with van der Waals surface area (Å²) in [6.45, 7) is 0. The minimum absolute atomic E-state index is 0.134. The van der Waals surface area contributed by atoms with Crippen LogP contribution in [0.4, 0.5) is 5.69 Å². The summed E-state index contributed by atoms with van der Waals surface area (Å²) in [4.78, 5) is 35.5. The number of aliphatic carboxylic acids is 1. The van der Waals surface area contributed by atoms with Crippen molar-refractivity contribution in [2.75, 3.05) is 4.90 Å². The van der Waals surface area contributed by atoms with Crippen molar-refractivity contribution in [1.29, 1.82) is 0 Å². The molecule has 1 heterocycles. The van der Waals surface area contributed by atoms with Crippen LogP contribution in [-0.4, -0.2) is 22.9 Å². The number of amides is 2. The lowest BCUT2D eigenvalue weighted by Crippen LogP contribution is -2.32. The quantitative estimate of drug-likeness (QED) is 0.654. The number of hydrogen-bond acceptors (Lipinski definition) is 3. The normalized spacial score (nSPS) is 24.9. The van der Waals surface area contributed by atoms with Crippen molar-refractivity contribution in [3.63, 3.8) is 0 Å². The van der Waals surface area contributed by atoms with Crippen LogP contribution in [0.15, 0.2) is 30.3 Å². The third kappa shape index (κ3) is 1.93. The molecule has 0 bridgehead atoms. The van der Waals surface area contributed by atoms with E-state index in [1.807, 2.05) is 0 Å². The number of carbonyl (C=O) groups is 3. The van der Waals surface area contributed by atoms with Crippen molar-refractivity contribution in [1.82, 2.24) is 0 Å². The van der Waals surface area contributed by atoms with Crippen LogP contribution in [0.25, 0.3) is 6.08 Å². The van der Waals surface area contributed by atoms with Gasteiger partial charge in [0.2, 0.25) is 11.8 Å². The molecular weight excluding hydrogens is 246 g/mol. The minimum atomic E-state index is -1.04. The van der Waals surface area contributed by atoms with E-state index < -0.39 is 5.97 Å². The molecule has 96 valence electrons. The molecule has 0 spiro atoms. The Bertz CT molecular complexity index is 600. The molecule has 19 heavy (non-hydrogen) atoms. The molecule has 2 aliphatic rings. The third-order valence-corrected chi connectivity index (χ3v) is 3.41. The van der Waals surface area contributed by atoms with Gasteiger partial charge in [0.1, 0.15) is 0 Å². The molecule has 2 amide bonds. The number of piperidine rings is 1. The topological polar surface area (TPSA) is 74.7 Å². The van der Waals surface area contributed by atoms with Gasteiger partial charge in [0, 0.05) is 6.08 Å². The first-order valence-electron chi connectivity index (χ1n) is 5.97. The van der Waals surface area contributed by atoms with Gasteiger partial charge in [0.25, 0.3) is 0 Å². The van der Waals surface area contributed by atoms with Crippen molar-refractivity contribution in [3.05, 3.63) is 35.9 Å². The first-order valence-corrected chi connectivity index (χ1v) is 5.97. The highest BCUT2D eigenvalue weighted by Gasteiger charge is 2.59. The van der Waals surface area contributed by atoms with Crippen LogP contribution in [0, 0.1) is 11.8 Å². The van der Waals surface area contributed by atoms with E-state index in [0.29, 0.717) is 17.7 Å². The molecule has 1 saturated carbocycles. The Balaban J connectivity index is 1.89. The van der Waals surface area contributed by atoms with E-state index in [-0.39, 0.29) is 23.7 Å². The van der Waals surface area contributed by atoms with Crippen molar-refractivity contribution in [2.24, 2.45) is 11.8 Å². The molecule has 1 aromatic carbocycles. The minimum Gasteiger partial charge on any atom is -0.478 e.